The van der Waals surface area contributed by atoms with Crippen molar-refractivity contribution in [3.63, 3.8) is 0 Å². The van der Waals surface area contributed by atoms with Crippen molar-refractivity contribution in [2.45, 2.75) is 58.9 Å². The van der Waals surface area contributed by atoms with Crippen molar-refractivity contribution in [3.05, 3.63) is 34.5 Å². The summed E-state index contributed by atoms with van der Waals surface area (Å²) in [7, 11) is 0. The lowest BCUT2D eigenvalue weighted by molar-refractivity contribution is -0.121. The second kappa shape index (κ2) is 9.29. The number of hydrogen-bond donors (Lipinski definition) is 2. The summed E-state index contributed by atoms with van der Waals surface area (Å²) in [6.45, 7) is 8.47. The first-order valence-electron chi connectivity index (χ1n) is 9.72. The Morgan fingerprint density at radius 3 is 2.75 bits per heavy atom. The average Bonchev–Trinajstić information content (AvgIpc) is 3.00. The number of nitrogens with zero attached hydrogens (tertiary/aromatic N) is 4. The Bertz CT molecular complexity index is 837. The molecule has 0 spiro atoms. The van der Waals surface area contributed by atoms with Crippen LogP contribution in [0.25, 0.3) is 0 Å². The molecule has 0 aromatic carbocycles. The third-order valence-electron chi connectivity index (χ3n) is 4.66. The van der Waals surface area contributed by atoms with E-state index in [1.807, 2.05) is 18.3 Å². The molecule has 0 saturated carbocycles. The minimum atomic E-state index is -0.102. The summed E-state index contributed by atoms with van der Waals surface area (Å²) in [5.41, 5.74) is 0.955. The van der Waals surface area contributed by atoms with E-state index in [1.54, 1.807) is 4.57 Å². The molecule has 0 unspecified atom stereocenters. The maximum Gasteiger partial charge on any atom is 0.240 e. The molecule has 0 radical (unpaired) electrons. The van der Waals surface area contributed by atoms with Gasteiger partial charge in [0.25, 0.3) is 0 Å². The molecule has 1 fully saturated rings. The highest BCUT2D eigenvalue weighted by atomic mass is 32.1. The fraction of sp³-hybridized carbons (Fsp3) is 0.579. The number of hydrogen-bond acceptors (Lipinski definition) is 6. The van der Waals surface area contributed by atoms with E-state index in [0.717, 1.165) is 43.1 Å². The van der Waals surface area contributed by atoms with Gasteiger partial charge >= 0.3 is 0 Å². The van der Waals surface area contributed by atoms with Gasteiger partial charge in [-0.05, 0) is 44.1 Å². The van der Waals surface area contributed by atoms with Crippen LogP contribution in [0, 0.1) is 4.77 Å². The molecule has 3 heterocycles. The lowest BCUT2D eigenvalue weighted by atomic mass is 10.2. The lowest BCUT2D eigenvalue weighted by Crippen LogP contribution is -2.45. The molecule has 2 aromatic heterocycles. The first-order valence-corrected chi connectivity index (χ1v) is 10.1. The van der Waals surface area contributed by atoms with Crippen molar-refractivity contribution in [3.8, 4) is 0 Å². The predicted octanol–water partition coefficient (Wildman–Crippen LogP) is 2.22. The fourth-order valence-corrected chi connectivity index (χ4v) is 3.62. The maximum atomic E-state index is 12.3. The van der Waals surface area contributed by atoms with Crippen molar-refractivity contribution in [1.29, 1.82) is 0 Å². The van der Waals surface area contributed by atoms with E-state index in [1.165, 1.54) is 0 Å². The number of aromatic nitrogens is 4. The predicted molar refractivity (Wildman–Crippen MR) is 110 cm³/mol. The summed E-state index contributed by atoms with van der Waals surface area (Å²) in [5.74, 6) is 1.64. The number of anilines is 1. The molecule has 0 aliphatic carbocycles. The van der Waals surface area contributed by atoms with Crippen molar-refractivity contribution < 1.29 is 9.53 Å². The monoisotopic (exact) mass is 404 g/mol. The van der Waals surface area contributed by atoms with E-state index in [0.29, 0.717) is 11.3 Å². The third-order valence-corrected chi connectivity index (χ3v) is 4.97. The van der Waals surface area contributed by atoms with E-state index < -0.39 is 0 Å². The second-order valence-electron chi connectivity index (χ2n) is 7.24. The van der Waals surface area contributed by atoms with Crippen molar-refractivity contribution in [1.82, 2.24) is 25.1 Å². The zero-order valence-electron chi connectivity index (χ0n) is 16.6. The first-order chi connectivity index (χ1) is 13.5. The Labute approximate surface area is 170 Å². The summed E-state index contributed by atoms with van der Waals surface area (Å²) in [6, 6.07) is 4.00. The van der Waals surface area contributed by atoms with E-state index in [4.69, 9.17) is 17.0 Å². The number of H-pyrrole nitrogens is 1. The van der Waals surface area contributed by atoms with Gasteiger partial charge < -0.3 is 15.0 Å². The number of nitrogens with one attached hydrogen (secondary N) is 2. The van der Waals surface area contributed by atoms with Crippen LogP contribution >= 0.6 is 12.2 Å². The number of amides is 1. The van der Waals surface area contributed by atoms with Crippen molar-refractivity contribution in [2.75, 3.05) is 18.0 Å². The van der Waals surface area contributed by atoms with Crippen LogP contribution in [0.15, 0.2) is 18.3 Å². The van der Waals surface area contributed by atoms with Crippen molar-refractivity contribution in [2.24, 2.45) is 0 Å². The third kappa shape index (κ3) is 5.17. The smallest absolute Gasteiger partial charge is 0.240 e. The molecule has 2 N–H and O–H groups in total. The summed E-state index contributed by atoms with van der Waals surface area (Å²) in [6.07, 6.45) is 3.92. The molecule has 3 rings (SSSR count). The molecule has 0 bridgehead atoms. The number of carbonyl (C=O) groups excluding carboxylic acids is 1. The summed E-state index contributed by atoms with van der Waals surface area (Å²) in [4.78, 5) is 19.1. The molecule has 152 valence electrons. The number of aromatic amines is 1. The van der Waals surface area contributed by atoms with Gasteiger partial charge in [-0.1, -0.05) is 13.0 Å². The molecule has 1 aliphatic rings. The minimum absolute atomic E-state index is 0.102. The summed E-state index contributed by atoms with van der Waals surface area (Å²) < 4.78 is 7.99. The molecule has 1 aliphatic heterocycles. The number of aryl methyl sites for hydroxylation is 1. The summed E-state index contributed by atoms with van der Waals surface area (Å²) in [5, 5.41) is 9.87. The zero-order chi connectivity index (χ0) is 20.1. The van der Waals surface area contributed by atoms with Crippen LogP contribution in [-0.4, -0.2) is 51.0 Å². The van der Waals surface area contributed by atoms with Crippen LogP contribution in [0.5, 0.6) is 0 Å². The summed E-state index contributed by atoms with van der Waals surface area (Å²) >= 11 is 5.22. The molecule has 2 atom stereocenters. The number of rotatable bonds is 7. The normalized spacial score (nSPS) is 19.6. The molecule has 2 aromatic rings. The second-order valence-corrected chi connectivity index (χ2v) is 7.63. The minimum Gasteiger partial charge on any atom is -0.372 e. The van der Waals surface area contributed by atoms with Gasteiger partial charge in [0, 0.05) is 32.3 Å². The van der Waals surface area contributed by atoms with E-state index in [9.17, 15) is 4.79 Å². The number of carbonyl (C=O) groups is 1. The van der Waals surface area contributed by atoms with Crippen LogP contribution in [-0.2, 0) is 29.0 Å². The molecular weight excluding hydrogens is 376 g/mol. The molecule has 8 nitrogen and oxygen atoms in total. The van der Waals surface area contributed by atoms with Gasteiger partial charge in [0.05, 0.1) is 12.2 Å². The largest absolute Gasteiger partial charge is 0.372 e. The Morgan fingerprint density at radius 1 is 1.36 bits per heavy atom. The number of pyridine rings is 1. The zero-order valence-corrected chi connectivity index (χ0v) is 17.5. The van der Waals surface area contributed by atoms with E-state index in [-0.39, 0.29) is 24.7 Å². The Morgan fingerprint density at radius 2 is 2.11 bits per heavy atom. The van der Waals surface area contributed by atoms with Crippen LogP contribution in [0.1, 0.15) is 38.6 Å². The number of morpholine rings is 1. The average molecular weight is 405 g/mol. The van der Waals surface area contributed by atoms with Gasteiger partial charge in [0.15, 0.2) is 4.77 Å². The van der Waals surface area contributed by atoms with Crippen LogP contribution in [0.4, 0.5) is 5.82 Å². The highest BCUT2D eigenvalue weighted by Gasteiger charge is 2.23. The molecule has 28 heavy (non-hydrogen) atoms. The van der Waals surface area contributed by atoms with Gasteiger partial charge in [-0.3, -0.25) is 14.5 Å². The Hall–Kier alpha value is -2.26. The van der Waals surface area contributed by atoms with Crippen molar-refractivity contribution >= 4 is 23.9 Å². The van der Waals surface area contributed by atoms with Crippen LogP contribution < -0.4 is 10.2 Å². The van der Waals surface area contributed by atoms with E-state index >= 15 is 0 Å². The van der Waals surface area contributed by atoms with E-state index in [2.05, 4.69) is 46.2 Å². The maximum absolute atomic E-state index is 12.3. The SMILES string of the molecule is CCCc1n[nH]c(=S)n1CC(=O)NCc1ccc(N2C[C@@H](C)O[C@@H](C)C2)nc1. The quantitative estimate of drug-likeness (QED) is 0.688. The number of ether oxygens (including phenoxy) is 1. The Kier molecular flexibility index (Phi) is 6.79. The molecule has 1 saturated heterocycles. The van der Waals surface area contributed by atoms with Crippen LogP contribution in [0.2, 0.25) is 0 Å². The van der Waals surface area contributed by atoms with Gasteiger partial charge in [0.1, 0.15) is 18.2 Å². The molecule has 1 amide bonds. The fourth-order valence-electron chi connectivity index (χ4n) is 3.40. The standard InChI is InChI=1S/C19H28N6O2S/c1-4-5-17-22-23-19(28)25(17)12-18(26)21-9-15-6-7-16(20-8-15)24-10-13(2)27-14(3)11-24/h6-8,13-14H,4-5,9-12H2,1-3H3,(H,21,26)(H,23,28)/t13-,14+. The van der Waals surface area contributed by atoms with Crippen LogP contribution in [0.3, 0.4) is 0 Å². The topological polar surface area (TPSA) is 88.1 Å². The molecule has 9 heteroatoms. The van der Waals surface area contributed by atoms with Gasteiger partial charge in [0.2, 0.25) is 5.91 Å². The van der Waals surface area contributed by atoms with Gasteiger partial charge in [-0.2, -0.15) is 5.10 Å². The van der Waals surface area contributed by atoms with Gasteiger partial charge in [-0.25, -0.2) is 4.98 Å². The lowest BCUT2D eigenvalue weighted by Gasteiger charge is -2.36. The first kappa shape index (κ1) is 20.5. The highest BCUT2D eigenvalue weighted by molar-refractivity contribution is 7.71. The Balaban J connectivity index is 1.54. The highest BCUT2D eigenvalue weighted by Crippen LogP contribution is 2.18. The van der Waals surface area contributed by atoms with Gasteiger partial charge in [-0.15, -0.1) is 0 Å². The molecular formula is C19H28N6O2S.